The topological polar surface area (TPSA) is 56.6 Å². The lowest BCUT2D eigenvalue weighted by Gasteiger charge is -2.42. The van der Waals surface area contributed by atoms with Gasteiger partial charge in [-0.05, 0) is 6.92 Å². The number of carbonyl (C=O) groups is 1. The van der Waals surface area contributed by atoms with Gasteiger partial charge in [-0.1, -0.05) is 0 Å². The van der Waals surface area contributed by atoms with Crippen LogP contribution in [0.1, 0.15) is 19.0 Å². The van der Waals surface area contributed by atoms with Crippen LogP contribution in [0.4, 0.5) is 0 Å². The molecule has 1 aromatic heterocycles. The van der Waals surface area contributed by atoms with E-state index in [0.717, 1.165) is 12.1 Å². The van der Waals surface area contributed by atoms with Gasteiger partial charge in [-0.3, -0.25) is 4.79 Å². The summed E-state index contributed by atoms with van der Waals surface area (Å²) in [6.45, 7) is 4.62. The summed E-state index contributed by atoms with van der Waals surface area (Å²) >= 11 is 0. The Bertz CT molecular complexity index is 502. The summed E-state index contributed by atoms with van der Waals surface area (Å²) in [4.78, 5) is 18.4. The van der Waals surface area contributed by atoms with Crippen LogP contribution in [0.5, 0.6) is 0 Å². The summed E-state index contributed by atoms with van der Waals surface area (Å²) in [5.41, 5.74) is 0.631. The van der Waals surface area contributed by atoms with Gasteiger partial charge in [0.25, 0.3) is 0 Å². The molecule has 110 valence electrons. The zero-order valence-electron chi connectivity index (χ0n) is 12.0. The van der Waals surface area contributed by atoms with Gasteiger partial charge in [0.1, 0.15) is 5.60 Å². The van der Waals surface area contributed by atoms with E-state index in [2.05, 4.69) is 4.98 Å². The molecule has 6 nitrogen and oxygen atoms in total. The molecule has 2 atom stereocenters. The summed E-state index contributed by atoms with van der Waals surface area (Å²) in [5.74, 6) is 0.135. The summed E-state index contributed by atoms with van der Waals surface area (Å²) in [6.07, 6.45) is 4.77. The third-order valence-electron chi connectivity index (χ3n) is 4.44. The molecule has 6 heteroatoms. The molecule has 0 radical (unpaired) electrons. The number of nitrogens with zero attached hydrogens (tertiary/aromatic N) is 3. The summed E-state index contributed by atoms with van der Waals surface area (Å²) in [6, 6.07) is 0. The second kappa shape index (κ2) is 5.18. The van der Waals surface area contributed by atoms with E-state index in [1.54, 1.807) is 12.5 Å². The normalized spacial score (nSPS) is 30.1. The van der Waals surface area contributed by atoms with E-state index < -0.39 is 0 Å². The van der Waals surface area contributed by atoms with Crippen molar-refractivity contribution in [3.8, 4) is 0 Å². The predicted molar refractivity (Wildman–Crippen MR) is 72.2 cm³/mol. The molecule has 0 saturated carbocycles. The number of carbonyl (C=O) groups excluding carboxylic acids is 1. The number of amides is 1. The molecule has 1 spiro atoms. The smallest absolute Gasteiger partial charge is 0.228 e. The second-order valence-electron chi connectivity index (χ2n) is 5.66. The second-order valence-corrected chi connectivity index (χ2v) is 5.66. The van der Waals surface area contributed by atoms with Gasteiger partial charge in [0.15, 0.2) is 0 Å². The SMILES string of the molecule is CC1OCCC12CN(C(=O)Cc1cncn1C)CCO2. The van der Waals surface area contributed by atoms with Gasteiger partial charge in [-0.2, -0.15) is 0 Å². The van der Waals surface area contributed by atoms with Gasteiger partial charge in [0, 0.05) is 38.5 Å². The lowest BCUT2D eigenvalue weighted by Crippen LogP contribution is -2.57. The lowest BCUT2D eigenvalue weighted by atomic mass is 9.94. The Morgan fingerprint density at radius 2 is 2.40 bits per heavy atom. The van der Waals surface area contributed by atoms with Crippen molar-refractivity contribution in [3.63, 3.8) is 0 Å². The first kappa shape index (κ1) is 13.6. The molecule has 0 aromatic carbocycles. The highest BCUT2D eigenvalue weighted by Crippen LogP contribution is 2.33. The lowest BCUT2D eigenvalue weighted by molar-refractivity contribution is -0.158. The Balaban J connectivity index is 1.68. The fraction of sp³-hybridized carbons (Fsp3) is 0.714. The molecular formula is C14H21N3O3. The molecule has 2 saturated heterocycles. The highest BCUT2D eigenvalue weighted by atomic mass is 16.6. The average molecular weight is 279 g/mol. The maximum absolute atomic E-state index is 12.5. The number of morpholine rings is 1. The highest BCUT2D eigenvalue weighted by Gasteiger charge is 2.46. The molecular weight excluding hydrogens is 258 g/mol. The zero-order chi connectivity index (χ0) is 14.2. The highest BCUT2D eigenvalue weighted by molar-refractivity contribution is 5.78. The molecule has 2 unspecified atom stereocenters. The molecule has 2 fully saturated rings. The summed E-state index contributed by atoms with van der Waals surface area (Å²) in [5, 5.41) is 0. The largest absolute Gasteiger partial charge is 0.375 e. The maximum Gasteiger partial charge on any atom is 0.228 e. The average Bonchev–Trinajstić information content (AvgIpc) is 2.98. The minimum Gasteiger partial charge on any atom is -0.375 e. The Morgan fingerprint density at radius 3 is 3.05 bits per heavy atom. The van der Waals surface area contributed by atoms with Crippen molar-refractivity contribution in [2.45, 2.75) is 31.5 Å². The first-order chi connectivity index (χ1) is 9.61. The van der Waals surface area contributed by atoms with Gasteiger partial charge < -0.3 is 18.9 Å². The van der Waals surface area contributed by atoms with Crippen LogP contribution >= 0.6 is 0 Å². The number of hydrogen-bond donors (Lipinski definition) is 0. The quantitative estimate of drug-likeness (QED) is 0.785. The van der Waals surface area contributed by atoms with Crippen molar-refractivity contribution in [3.05, 3.63) is 18.2 Å². The van der Waals surface area contributed by atoms with Crippen LogP contribution in [0.25, 0.3) is 0 Å². The van der Waals surface area contributed by atoms with Crippen molar-refractivity contribution < 1.29 is 14.3 Å². The molecule has 0 aliphatic carbocycles. The van der Waals surface area contributed by atoms with Gasteiger partial charge >= 0.3 is 0 Å². The number of hydrogen-bond acceptors (Lipinski definition) is 4. The van der Waals surface area contributed by atoms with E-state index >= 15 is 0 Å². The Hall–Kier alpha value is -1.40. The van der Waals surface area contributed by atoms with Crippen LogP contribution in [0.15, 0.2) is 12.5 Å². The zero-order valence-corrected chi connectivity index (χ0v) is 12.0. The van der Waals surface area contributed by atoms with E-state index in [-0.39, 0.29) is 17.6 Å². The summed E-state index contributed by atoms with van der Waals surface area (Å²) < 4.78 is 13.4. The Kier molecular flexibility index (Phi) is 3.52. The van der Waals surface area contributed by atoms with E-state index in [1.165, 1.54) is 0 Å². The van der Waals surface area contributed by atoms with Gasteiger partial charge in [-0.25, -0.2) is 4.98 Å². The number of ether oxygens (including phenoxy) is 2. The minimum atomic E-state index is -0.305. The molecule has 0 N–H and O–H groups in total. The molecule has 2 aliphatic heterocycles. The van der Waals surface area contributed by atoms with E-state index in [4.69, 9.17) is 9.47 Å². The predicted octanol–water partition coefficient (Wildman–Crippen LogP) is 0.369. The van der Waals surface area contributed by atoms with Crippen LogP contribution < -0.4 is 0 Å². The van der Waals surface area contributed by atoms with Gasteiger partial charge in [0.05, 0.1) is 32.0 Å². The third kappa shape index (κ3) is 2.33. The molecule has 3 rings (SSSR count). The monoisotopic (exact) mass is 279 g/mol. The van der Waals surface area contributed by atoms with Crippen molar-refractivity contribution in [1.29, 1.82) is 0 Å². The Labute approximate surface area is 118 Å². The molecule has 1 amide bonds. The first-order valence-electron chi connectivity index (χ1n) is 7.09. The van der Waals surface area contributed by atoms with Crippen LogP contribution in [0.2, 0.25) is 0 Å². The van der Waals surface area contributed by atoms with Crippen molar-refractivity contribution >= 4 is 5.91 Å². The third-order valence-corrected chi connectivity index (χ3v) is 4.44. The molecule has 1 aromatic rings. The van der Waals surface area contributed by atoms with Crippen molar-refractivity contribution in [2.24, 2.45) is 7.05 Å². The number of aromatic nitrogens is 2. The van der Waals surface area contributed by atoms with Gasteiger partial charge in [0.2, 0.25) is 5.91 Å². The maximum atomic E-state index is 12.5. The van der Waals surface area contributed by atoms with E-state index in [1.807, 2.05) is 23.4 Å². The molecule has 20 heavy (non-hydrogen) atoms. The van der Waals surface area contributed by atoms with Crippen molar-refractivity contribution in [1.82, 2.24) is 14.5 Å². The van der Waals surface area contributed by atoms with Crippen molar-refractivity contribution in [2.75, 3.05) is 26.3 Å². The van der Waals surface area contributed by atoms with E-state index in [0.29, 0.717) is 32.7 Å². The fourth-order valence-corrected chi connectivity index (χ4v) is 3.00. The summed E-state index contributed by atoms with van der Waals surface area (Å²) in [7, 11) is 1.91. The number of rotatable bonds is 2. The standard InChI is InChI=1S/C14H21N3O3/c1-11-14(3-5-19-11)9-17(4-6-20-14)13(18)7-12-8-15-10-16(12)2/h8,10-11H,3-7,9H2,1-2H3. The molecule has 0 bridgehead atoms. The fourth-order valence-electron chi connectivity index (χ4n) is 3.00. The van der Waals surface area contributed by atoms with Gasteiger partial charge in [-0.15, -0.1) is 0 Å². The van der Waals surface area contributed by atoms with Crippen LogP contribution in [-0.4, -0.2) is 58.4 Å². The number of imidazole rings is 1. The van der Waals surface area contributed by atoms with Crippen LogP contribution in [0, 0.1) is 0 Å². The van der Waals surface area contributed by atoms with E-state index in [9.17, 15) is 4.79 Å². The molecule has 3 heterocycles. The Morgan fingerprint density at radius 1 is 1.55 bits per heavy atom. The molecule has 2 aliphatic rings. The minimum absolute atomic E-state index is 0.0507. The number of aryl methyl sites for hydroxylation is 1. The van der Waals surface area contributed by atoms with Crippen LogP contribution in [0.3, 0.4) is 0 Å². The first-order valence-corrected chi connectivity index (χ1v) is 7.09. The van der Waals surface area contributed by atoms with Crippen LogP contribution in [-0.2, 0) is 27.7 Å².